The van der Waals surface area contributed by atoms with Crippen LogP contribution in [0.3, 0.4) is 0 Å². The molecular formula is C7H9BrO2. The molecule has 0 aromatic rings. The fourth-order valence-electron chi connectivity index (χ4n) is 0.918. The predicted molar refractivity (Wildman–Crippen MR) is 41.8 cm³/mol. The SMILES string of the molecule is CCC1=C(Br)CCOC1=O. The van der Waals surface area contributed by atoms with Crippen LogP contribution in [-0.2, 0) is 9.53 Å². The molecule has 1 rings (SSSR count). The lowest BCUT2D eigenvalue weighted by Gasteiger charge is -2.14. The number of ether oxygens (including phenoxy) is 1. The van der Waals surface area contributed by atoms with Crippen molar-refractivity contribution in [1.29, 1.82) is 0 Å². The third-order valence-corrected chi connectivity index (χ3v) is 2.36. The Bertz CT molecular complexity index is 184. The molecule has 0 atom stereocenters. The number of cyclic esters (lactones) is 1. The quantitative estimate of drug-likeness (QED) is 0.612. The van der Waals surface area contributed by atoms with Crippen LogP contribution in [0.25, 0.3) is 0 Å². The summed E-state index contributed by atoms with van der Waals surface area (Å²) in [7, 11) is 0. The van der Waals surface area contributed by atoms with Crippen molar-refractivity contribution < 1.29 is 9.53 Å². The first-order valence-corrected chi connectivity index (χ1v) is 4.09. The smallest absolute Gasteiger partial charge is 0.334 e. The summed E-state index contributed by atoms with van der Waals surface area (Å²) in [6.45, 7) is 2.46. The second kappa shape index (κ2) is 3.19. The van der Waals surface area contributed by atoms with Crippen LogP contribution in [0.2, 0.25) is 0 Å². The second-order valence-corrected chi connectivity index (χ2v) is 3.08. The third-order valence-electron chi connectivity index (χ3n) is 1.48. The molecule has 0 N–H and O–H groups in total. The van der Waals surface area contributed by atoms with Crippen LogP contribution in [0.5, 0.6) is 0 Å². The summed E-state index contributed by atoms with van der Waals surface area (Å²) in [6, 6.07) is 0. The maximum absolute atomic E-state index is 10.9. The Hall–Kier alpha value is -0.310. The molecule has 56 valence electrons. The zero-order chi connectivity index (χ0) is 7.56. The van der Waals surface area contributed by atoms with Crippen molar-refractivity contribution in [1.82, 2.24) is 0 Å². The molecule has 0 aromatic carbocycles. The van der Waals surface area contributed by atoms with Gasteiger partial charge >= 0.3 is 5.97 Å². The Morgan fingerprint density at radius 2 is 2.40 bits per heavy atom. The van der Waals surface area contributed by atoms with E-state index in [9.17, 15) is 4.79 Å². The van der Waals surface area contributed by atoms with E-state index in [1.165, 1.54) is 0 Å². The number of carbonyl (C=O) groups excluding carboxylic acids is 1. The largest absolute Gasteiger partial charge is 0.462 e. The van der Waals surface area contributed by atoms with Crippen molar-refractivity contribution in [2.75, 3.05) is 6.61 Å². The number of rotatable bonds is 1. The van der Waals surface area contributed by atoms with E-state index >= 15 is 0 Å². The molecule has 1 heterocycles. The highest BCUT2D eigenvalue weighted by atomic mass is 79.9. The molecular weight excluding hydrogens is 196 g/mol. The van der Waals surface area contributed by atoms with Gasteiger partial charge in [0.1, 0.15) is 0 Å². The van der Waals surface area contributed by atoms with Crippen LogP contribution in [0.1, 0.15) is 19.8 Å². The minimum atomic E-state index is -0.166. The highest BCUT2D eigenvalue weighted by Gasteiger charge is 2.17. The minimum Gasteiger partial charge on any atom is -0.462 e. The first-order chi connectivity index (χ1) is 4.75. The second-order valence-electron chi connectivity index (χ2n) is 2.12. The van der Waals surface area contributed by atoms with Crippen LogP contribution < -0.4 is 0 Å². The van der Waals surface area contributed by atoms with Gasteiger partial charge in [-0.2, -0.15) is 0 Å². The van der Waals surface area contributed by atoms with Crippen LogP contribution >= 0.6 is 15.9 Å². The molecule has 0 amide bonds. The summed E-state index contributed by atoms with van der Waals surface area (Å²) in [5.74, 6) is -0.166. The van der Waals surface area contributed by atoms with Gasteiger partial charge in [-0.05, 0) is 6.42 Å². The monoisotopic (exact) mass is 204 g/mol. The summed E-state index contributed by atoms with van der Waals surface area (Å²) in [5.41, 5.74) is 0.784. The molecule has 1 aliphatic rings. The van der Waals surface area contributed by atoms with Crippen LogP contribution in [-0.4, -0.2) is 12.6 Å². The van der Waals surface area contributed by atoms with Gasteiger partial charge < -0.3 is 4.74 Å². The fraction of sp³-hybridized carbons (Fsp3) is 0.571. The van der Waals surface area contributed by atoms with E-state index in [0.29, 0.717) is 6.61 Å². The zero-order valence-corrected chi connectivity index (χ0v) is 7.40. The first-order valence-electron chi connectivity index (χ1n) is 3.30. The van der Waals surface area contributed by atoms with Gasteiger partial charge in [0, 0.05) is 16.5 Å². The number of esters is 1. The Morgan fingerprint density at radius 1 is 1.70 bits per heavy atom. The van der Waals surface area contributed by atoms with Crippen LogP contribution in [0.15, 0.2) is 10.1 Å². The molecule has 0 radical (unpaired) electrons. The molecule has 10 heavy (non-hydrogen) atoms. The van der Waals surface area contributed by atoms with E-state index in [0.717, 1.165) is 22.9 Å². The summed E-state index contributed by atoms with van der Waals surface area (Å²) in [6.07, 6.45) is 1.58. The lowest BCUT2D eigenvalue weighted by atomic mass is 10.1. The third kappa shape index (κ3) is 1.40. The lowest BCUT2D eigenvalue weighted by molar-refractivity contribution is -0.140. The van der Waals surface area contributed by atoms with Gasteiger partial charge in [0.2, 0.25) is 0 Å². The van der Waals surface area contributed by atoms with Gasteiger partial charge in [0.05, 0.1) is 6.61 Å². The van der Waals surface area contributed by atoms with E-state index in [-0.39, 0.29) is 5.97 Å². The maximum atomic E-state index is 10.9. The highest BCUT2D eigenvalue weighted by Crippen LogP contribution is 2.23. The number of carbonyl (C=O) groups is 1. The molecule has 0 saturated heterocycles. The molecule has 0 aliphatic carbocycles. The van der Waals surface area contributed by atoms with Crippen molar-refractivity contribution in [3.05, 3.63) is 10.1 Å². The molecule has 1 aliphatic heterocycles. The van der Waals surface area contributed by atoms with Gasteiger partial charge in [0.25, 0.3) is 0 Å². The van der Waals surface area contributed by atoms with E-state index in [1.54, 1.807) is 0 Å². The number of halogens is 1. The minimum absolute atomic E-state index is 0.166. The lowest BCUT2D eigenvalue weighted by Crippen LogP contribution is -2.15. The van der Waals surface area contributed by atoms with Crippen LogP contribution in [0, 0.1) is 0 Å². The average molecular weight is 205 g/mol. The average Bonchev–Trinajstić information content (AvgIpc) is 1.88. The van der Waals surface area contributed by atoms with Gasteiger partial charge in [-0.25, -0.2) is 4.79 Å². The molecule has 0 unspecified atom stereocenters. The van der Waals surface area contributed by atoms with Gasteiger partial charge in [-0.15, -0.1) is 0 Å². The van der Waals surface area contributed by atoms with E-state index < -0.39 is 0 Å². The molecule has 0 aromatic heterocycles. The van der Waals surface area contributed by atoms with Gasteiger partial charge in [-0.3, -0.25) is 0 Å². The predicted octanol–water partition coefficient (Wildman–Crippen LogP) is 1.99. The van der Waals surface area contributed by atoms with Gasteiger partial charge in [0.15, 0.2) is 0 Å². The van der Waals surface area contributed by atoms with E-state index in [4.69, 9.17) is 4.74 Å². The Kier molecular flexibility index (Phi) is 2.49. The molecule has 2 nitrogen and oxygen atoms in total. The molecule has 0 saturated carbocycles. The Labute approximate surface area is 68.4 Å². The molecule has 0 spiro atoms. The van der Waals surface area contributed by atoms with Crippen molar-refractivity contribution in [2.24, 2.45) is 0 Å². The Balaban J connectivity index is 2.84. The van der Waals surface area contributed by atoms with Crippen molar-refractivity contribution in [2.45, 2.75) is 19.8 Å². The van der Waals surface area contributed by atoms with Crippen molar-refractivity contribution in [3.8, 4) is 0 Å². The zero-order valence-electron chi connectivity index (χ0n) is 5.82. The van der Waals surface area contributed by atoms with Crippen LogP contribution in [0.4, 0.5) is 0 Å². The van der Waals surface area contributed by atoms with Crippen molar-refractivity contribution in [3.63, 3.8) is 0 Å². The van der Waals surface area contributed by atoms with Crippen molar-refractivity contribution >= 4 is 21.9 Å². The maximum Gasteiger partial charge on any atom is 0.334 e. The summed E-state index contributed by atoms with van der Waals surface area (Å²) in [4.78, 5) is 10.9. The molecule has 0 fully saturated rings. The summed E-state index contributed by atoms with van der Waals surface area (Å²) < 4.78 is 5.83. The number of hydrogen-bond acceptors (Lipinski definition) is 2. The van der Waals surface area contributed by atoms with Gasteiger partial charge in [-0.1, -0.05) is 22.9 Å². The topological polar surface area (TPSA) is 26.3 Å². The molecule has 3 heteroatoms. The van der Waals surface area contributed by atoms with E-state index in [1.807, 2.05) is 6.92 Å². The standard InChI is InChI=1S/C7H9BrO2/c1-2-5-6(8)3-4-10-7(5)9/h2-4H2,1H3. The van der Waals surface area contributed by atoms with E-state index in [2.05, 4.69) is 15.9 Å². The summed E-state index contributed by atoms with van der Waals surface area (Å²) >= 11 is 3.33. The first kappa shape index (κ1) is 7.79. The highest BCUT2D eigenvalue weighted by molar-refractivity contribution is 9.11. The summed E-state index contributed by atoms with van der Waals surface area (Å²) in [5, 5.41) is 0. The molecule has 0 bridgehead atoms. The Morgan fingerprint density at radius 3 is 2.80 bits per heavy atom. The normalized spacial score (nSPS) is 19.2. The number of hydrogen-bond donors (Lipinski definition) is 0. The fourth-order valence-corrected chi connectivity index (χ4v) is 1.52.